The third kappa shape index (κ3) is 4.66. The molecule has 2 N–H and O–H groups in total. The smallest absolute Gasteiger partial charge is 0.244 e. The summed E-state index contributed by atoms with van der Waals surface area (Å²) in [5.74, 6) is -0.0321. The molecule has 0 atom stereocenters. The van der Waals surface area contributed by atoms with Crippen LogP contribution in [-0.4, -0.2) is 35.1 Å². The van der Waals surface area contributed by atoms with Crippen LogP contribution in [0.5, 0.6) is 11.5 Å². The van der Waals surface area contributed by atoms with Gasteiger partial charge in [-0.05, 0) is 36.8 Å². The highest BCUT2D eigenvalue weighted by Crippen LogP contribution is 2.28. The van der Waals surface area contributed by atoms with Gasteiger partial charge in [0.1, 0.15) is 16.4 Å². The van der Waals surface area contributed by atoms with Crippen LogP contribution in [0, 0.1) is 6.92 Å². The average Bonchev–Trinajstić information content (AvgIpc) is 2.63. The molecule has 26 heavy (non-hydrogen) atoms. The second kappa shape index (κ2) is 8.39. The van der Waals surface area contributed by atoms with Crippen molar-refractivity contribution in [2.75, 3.05) is 26.1 Å². The summed E-state index contributed by atoms with van der Waals surface area (Å²) in [7, 11) is -1.20. The number of carbonyl (C=O) groups is 1. The van der Waals surface area contributed by atoms with Crippen LogP contribution in [0.4, 0.5) is 5.69 Å². The van der Waals surface area contributed by atoms with Crippen LogP contribution in [0.25, 0.3) is 0 Å². The molecule has 2 aromatic rings. The maximum atomic E-state index is 12.5. The molecule has 0 heterocycles. The van der Waals surface area contributed by atoms with Gasteiger partial charge in [0.15, 0.2) is 0 Å². The number of benzene rings is 2. The number of hydrogen-bond donors (Lipinski definition) is 2. The van der Waals surface area contributed by atoms with Crippen molar-refractivity contribution in [3.05, 3.63) is 47.0 Å². The number of halogens is 1. The number of methoxy groups -OCH3 is 2. The van der Waals surface area contributed by atoms with E-state index in [-0.39, 0.29) is 10.6 Å². The van der Waals surface area contributed by atoms with Gasteiger partial charge in [0.25, 0.3) is 0 Å². The zero-order valence-electron chi connectivity index (χ0n) is 14.5. The maximum Gasteiger partial charge on any atom is 0.244 e. The highest BCUT2D eigenvalue weighted by molar-refractivity contribution is 7.89. The van der Waals surface area contributed by atoms with Gasteiger partial charge < -0.3 is 14.8 Å². The molecule has 140 valence electrons. The Morgan fingerprint density at radius 3 is 2.54 bits per heavy atom. The van der Waals surface area contributed by atoms with Crippen LogP contribution in [-0.2, 0) is 14.8 Å². The van der Waals surface area contributed by atoms with E-state index in [9.17, 15) is 13.2 Å². The zero-order valence-corrected chi connectivity index (χ0v) is 16.1. The van der Waals surface area contributed by atoms with Gasteiger partial charge in [0.2, 0.25) is 15.9 Å². The Kier molecular flexibility index (Phi) is 6.47. The number of sulfonamides is 1. The predicted molar refractivity (Wildman–Crippen MR) is 99.6 cm³/mol. The van der Waals surface area contributed by atoms with Crippen LogP contribution >= 0.6 is 11.6 Å². The fourth-order valence-corrected chi connectivity index (χ4v) is 3.51. The lowest BCUT2D eigenvalue weighted by Crippen LogP contribution is -2.33. The number of anilines is 1. The van der Waals surface area contributed by atoms with Crippen molar-refractivity contribution in [2.45, 2.75) is 11.8 Å². The number of rotatable bonds is 7. The van der Waals surface area contributed by atoms with Gasteiger partial charge in [0.05, 0.1) is 20.8 Å². The summed E-state index contributed by atoms with van der Waals surface area (Å²) in [5.41, 5.74) is 1.21. The van der Waals surface area contributed by atoms with Crippen molar-refractivity contribution in [1.82, 2.24) is 4.72 Å². The standard InChI is InChI=1S/C17H19ClN2O5S/c1-11-13(18)5-4-6-14(11)20-17(21)10-19-26(22,23)16-9-12(24-2)7-8-15(16)25-3/h4-9,19H,10H2,1-3H3,(H,20,21). The monoisotopic (exact) mass is 398 g/mol. The summed E-state index contributed by atoms with van der Waals surface area (Å²) in [6, 6.07) is 9.44. The highest BCUT2D eigenvalue weighted by Gasteiger charge is 2.21. The van der Waals surface area contributed by atoms with E-state index < -0.39 is 22.5 Å². The van der Waals surface area contributed by atoms with E-state index >= 15 is 0 Å². The highest BCUT2D eigenvalue weighted by atomic mass is 35.5. The molecule has 9 heteroatoms. The first-order valence-electron chi connectivity index (χ1n) is 7.55. The summed E-state index contributed by atoms with van der Waals surface area (Å²) < 4.78 is 37.4. The molecule has 0 bridgehead atoms. The van der Waals surface area contributed by atoms with Crippen LogP contribution in [0.15, 0.2) is 41.3 Å². The number of nitrogens with one attached hydrogen (secondary N) is 2. The molecule has 0 aliphatic heterocycles. The molecule has 0 aliphatic carbocycles. The second-order valence-corrected chi connectivity index (χ2v) is 7.44. The molecule has 0 saturated heterocycles. The van der Waals surface area contributed by atoms with Crippen molar-refractivity contribution < 1.29 is 22.7 Å². The summed E-state index contributed by atoms with van der Waals surface area (Å²) >= 11 is 6.00. The molecular formula is C17H19ClN2O5S. The number of amides is 1. The molecule has 2 rings (SSSR count). The predicted octanol–water partition coefficient (Wildman–Crippen LogP) is 2.58. The molecule has 0 unspecified atom stereocenters. The van der Waals surface area contributed by atoms with Crippen molar-refractivity contribution >= 4 is 33.2 Å². The van der Waals surface area contributed by atoms with Crippen LogP contribution < -0.4 is 19.5 Å². The minimum Gasteiger partial charge on any atom is -0.497 e. The Morgan fingerprint density at radius 1 is 1.15 bits per heavy atom. The number of carbonyl (C=O) groups excluding carboxylic acids is 1. The molecule has 1 amide bonds. The molecule has 0 spiro atoms. The van der Waals surface area contributed by atoms with E-state index in [1.807, 2.05) is 0 Å². The van der Waals surface area contributed by atoms with E-state index in [0.717, 1.165) is 0 Å². The van der Waals surface area contributed by atoms with E-state index in [2.05, 4.69) is 10.0 Å². The Labute approximate surface area is 157 Å². The van der Waals surface area contributed by atoms with Crippen molar-refractivity contribution in [1.29, 1.82) is 0 Å². The largest absolute Gasteiger partial charge is 0.497 e. The summed E-state index contributed by atoms with van der Waals surface area (Å²) in [6.07, 6.45) is 0. The van der Waals surface area contributed by atoms with Crippen molar-refractivity contribution in [3.8, 4) is 11.5 Å². The first-order chi connectivity index (χ1) is 12.3. The molecule has 0 radical (unpaired) electrons. The lowest BCUT2D eigenvalue weighted by molar-refractivity contribution is -0.115. The summed E-state index contributed by atoms with van der Waals surface area (Å²) in [5, 5.41) is 3.12. The fourth-order valence-electron chi connectivity index (χ4n) is 2.17. The quantitative estimate of drug-likeness (QED) is 0.747. The third-order valence-electron chi connectivity index (χ3n) is 3.62. The molecule has 0 saturated carbocycles. The number of hydrogen-bond acceptors (Lipinski definition) is 5. The molecule has 0 aromatic heterocycles. The third-order valence-corrected chi connectivity index (χ3v) is 5.46. The van der Waals surface area contributed by atoms with Gasteiger partial charge >= 0.3 is 0 Å². The van der Waals surface area contributed by atoms with Gasteiger partial charge in [0, 0.05) is 16.8 Å². The first kappa shape index (κ1) is 20.0. The fraction of sp³-hybridized carbons (Fsp3) is 0.235. The summed E-state index contributed by atoms with van der Waals surface area (Å²) in [4.78, 5) is 12.0. The van der Waals surface area contributed by atoms with E-state index in [1.165, 1.54) is 26.4 Å². The van der Waals surface area contributed by atoms with Crippen molar-refractivity contribution in [3.63, 3.8) is 0 Å². The average molecular weight is 399 g/mol. The SMILES string of the molecule is COc1ccc(OC)c(S(=O)(=O)NCC(=O)Nc2cccc(Cl)c2C)c1. The second-order valence-electron chi connectivity index (χ2n) is 5.30. The van der Waals surface area contributed by atoms with E-state index in [4.69, 9.17) is 21.1 Å². The Balaban J connectivity index is 2.13. The van der Waals surface area contributed by atoms with Crippen LogP contribution in [0.3, 0.4) is 0 Å². The molecule has 2 aromatic carbocycles. The lowest BCUT2D eigenvalue weighted by Gasteiger charge is -2.13. The molecular weight excluding hydrogens is 380 g/mol. The summed E-state index contributed by atoms with van der Waals surface area (Å²) in [6.45, 7) is 1.30. The van der Waals surface area contributed by atoms with Gasteiger partial charge in [-0.2, -0.15) is 0 Å². The van der Waals surface area contributed by atoms with E-state index in [0.29, 0.717) is 22.0 Å². The number of ether oxygens (including phenoxy) is 2. The Hall–Kier alpha value is -2.29. The molecule has 0 aliphatic rings. The van der Waals surface area contributed by atoms with Gasteiger partial charge in [-0.1, -0.05) is 17.7 Å². The first-order valence-corrected chi connectivity index (χ1v) is 9.41. The van der Waals surface area contributed by atoms with Crippen LogP contribution in [0.1, 0.15) is 5.56 Å². The van der Waals surface area contributed by atoms with Crippen molar-refractivity contribution in [2.24, 2.45) is 0 Å². The zero-order chi connectivity index (χ0) is 19.3. The van der Waals surface area contributed by atoms with E-state index in [1.54, 1.807) is 31.2 Å². The van der Waals surface area contributed by atoms with Gasteiger partial charge in [-0.15, -0.1) is 0 Å². The Morgan fingerprint density at radius 2 is 1.88 bits per heavy atom. The minimum absolute atomic E-state index is 0.119. The van der Waals surface area contributed by atoms with Gasteiger partial charge in [-0.25, -0.2) is 13.1 Å². The Bertz CT molecular complexity index is 915. The normalized spacial score (nSPS) is 11.1. The molecule has 7 nitrogen and oxygen atoms in total. The maximum absolute atomic E-state index is 12.5. The minimum atomic E-state index is -3.98. The van der Waals surface area contributed by atoms with Crippen LogP contribution in [0.2, 0.25) is 5.02 Å². The lowest BCUT2D eigenvalue weighted by atomic mass is 10.2. The topological polar surface area (TPSA) is 93.7 Å². The molecule has 0 fully saturated rings. The van der Waals surface area contributed by atoms with Gasteiger partial charge in [-0.3, -0.25) is 4.79 Å².